The summed E-state index contributed by atoms with van der Waals surface area (Å²) in [5.41, 5.74) is 0.0109. The van der Waals surface area contributed by atoms with Crippen LogP contribution in [-0.2, 0) is 0 Å². The summed E-state index contributed by atoms with van der Waals surface area (Å²) in [7, 11) is 0. The highest BCUT2D eigenvalue weighted by Crippen LogP contribution is 2.09. The lowest BCUT2D eigenvalue weighted by Gasteiger charge is -2.06. The molecular weight excluding hydrogens is 112 g/mol. The van der Waals surface area contributed by atoms with Gasteiger partial charge in [-0.05, 0) is 27.7 Å². The first-order valence-corrected chi connectivity index (χ1v) is 3.12. The van der Waals surface area contributed by atoms with E-state index in [1.54, 1.807) is 6.92 Å². The van der Waals surface area contributed by atoms with E-state index >= 15 is 0 Å². The molecular formula is C8H14O. The van der Waals surface area contributed by atoms with Crippen LogP contribution in [0.2, 0.25) is 0 Å². The van der Waals surface area contributed by atoms with E-state index < -0.39 is 6.10 Å². The second-order valence-electron chi connectivity index (χ2n) is 3.20. The Labute approximate surface area is 57.1 Å². The van der Waals surface area contributed by atoms with Gasteiger partial charge in [-0.1, -0.05) is 11.8 Å². The highest BCUT2D eigenvalue weighted by Gasteiger charge is 2.03. The van der Waals surface area contributed by atoms with Gasteiger partial charge in [0.1, 0.15) is 6.10 Å². The van der Waals surface area contributed by atoms with Crippen LogP contribution in [0.25, 0.3) is 0 Å². The maximum atomic E-state index is 8.74. The Hall–Kier alpha value is -0.480. The van der Waals surface area contributed by atoms with Crippen molar-refractivity contribution >= 4 is 0 Å². The smallest absolute Gasteiger partial charge is 0.111 e. The third-order valence-corrected chi connectivity index (χ3v) is 0.656. The minimum Gasteiger partial charge on any atom is -0.381 e. The third-order valence-electron chi connectivity index (χ3n) is 0.656. The van der Waals surface area contributed by atoms with E-state index in [0.717, 1.165) is 0 Å². The molecule has 0 aliphatic carbocycles. The molecule has 0 aromatic heterocycles. The molecule has 0 radical (unpaired) electrons. The van der Waals surface area contributed by atoms with Gasteiger partial charge in [-0.3, -0.25) is 0 Å². The van der Waals surface area contributed by atoms with Crippen molar-refractivity contribution in [3.05, 3.63) is 0 Å². The molecule has 0 saturated carbocycles. The fourth-order valence-electron chi connectivity index (χ4n) is 0.321. The monoisotopic (exact) mass is 126 g/mol. The second kappa shape index (κ2) is 2.89. The van der Waals surface area contributed by atoms with Crippen LogP contribution in [0.5, 0.6) is 0 Å². The van der Waals surface area contributed by atoms with Crippen LogP contribution in [0, 0.1) is 17.3 Å². The van der Waals surface area contributed by atoms with Crippen molar-refractivity contribution in [1.29, 1.82) is 0 Å². The zero-order chi connectivity index (χ0) is 7.49. The average Bonchev–Trinajstić information content (AvgIpc) is 1.59. The number of rotatable bonds is 0. The highest BCUT2D eigenvalue weighted by atomic mass is 16.3. The van der Waals surface area contributed by atoms with Crippen molar-refractivity contribution in [2.75, 3.05) is 0 Å². The molecule has 1 atom stereocenters. The standard InChI is InChI=1S/C8H14O/c1-7(9)5-6-8(2,3)4/h7,9H,1-4H3/t7-/m1/s1. The molecule has 1 N–H and O–H groups in total. The summed E-state index contributed by atoms with van der Waals surface area (Å²) in [6, 6.07) is 0. The lowest BCUT2D eigenvalue weighted by molar-refractivity contribution is 0.253. The zero-order valence-corrected chi connectivity index (χ0v) is 6.52. The highest BCUT2D eigenvalue weighted by molar-refractivity contribution is 5.09. The largest absolute Gasteiger partial charge is 0.381 e. The second-order valence-corrected chi connectivity index (χ2v) is 3.20. The quantitative estimate of drug-likeness (QED) is 0.487. The van der Waals surface area contributed by atoms with Crippen molar-refractivity contribution < 1.29 is 5.11 Å². The molecule has 0 aliphatic rings. The van der Waals surface area contributed by atoms with Crippen LogP contribution in [0.15, 0.2) is 0 Å². The maximum Gasteiger partial charge on any atom is 0.111 e. The van der Waals surface area contributed by atoms with Gasteiger partial charge in [-0.2, -0.15) is 0 Å². The molecule has 0 fully saturated rings. The zero-order valence-electron chi connectivity index (χ0n) is 6.52. The Morgan fingerprint density at radius 1 is 1.33 bits per heavy atom. The van der Waals surface area contributed by atoms with Crippen LogP contribution >= 0.6 is 0 Å². The lowest BCUT2D eigenvalue weighted by Crippen LogP contribution is -2.02. The van der Waals surface area contributed by atoms with Crippen LogP contribution in [0.4, 0.5) is 0 Å². The number of aliphatic hydroxyl groups is 1. The normalized spacial score (nSPS) is 13.9. The summed E-state index contributed by atoms with van der Waals surface area (Å²) in [6.45, 7) is 7.71. The van der Waals surface area contributed by atoms with E-state index in [0.29, 0.717) is 0 Å². The molecule has 0 bridgehead atoms. The molecule has 9 heavy (non-hydrogen) atoms. The van der Waals surface area contributed by atoms with E-state index in [4.69, 9.17) is 5.11 Å². The van der Waals surface area contributed by atoms with Crippen LogP contribution in [0.3, 0.4) is 0 Å². The van der Waals surface area contributed by atoms with E-state index in [1.165, 1.54) is 0 Å². The number of aliphatic hydroxyl groups excluding tert-OH is 1. The van der Waals surface area contributed by atoms with Gasteiger partial charge < -0.3 is 5.11 Å². The Morgan fingerprint density at radius 3 is 1.89 bits per heavy atom. The Morgan fingerprint density at radius 2 is 1.78 bits per heavy atom. The van der Waals surface area contributed by atoms with Gasteiger partial charge in [0.25, 0.3) is 0 Å². The fourth-order valence-corrected chi connectivity index (χ4v) is 0.321. The summed E-state index contributed by atoms with van der Waals surface area (Å²) in [5.74, 6) is 5.61. The van der Waals surface area contributed by atoms with Gasteiger partial charge >= 0.3 is 0 Å². The molecule has 1 heteroatoms. The third kappa shape index (κ3) is 7.52. The van der Waals surface area contributed by atoms with Crippen LogP contribution in [-0.4, -0.2) is 11.2 Å². The molecule has 0 aliphatic heterocycles. The molecule has 0 amide bonds. The molecule has 0 unspecified atom stereocenters. The Bertz CT molecular complexity index is 129. The predicted octanol–water partition coefficient (Wildman–Crippen LogP) is 1.42. The van der Waals surface area contributed by atoms with E-state index in [-0.39, 0.29) is 5.41 Å². The van der Waals surface area contributed by atoms with Gasteiger partial charge in [-0.25, -0.2) is 0 Å². The average molecular weight is 126 g/mol. The molecule has 0 aromatic rings. The Kier molecular flexibility index (Phi) is 2.73. The number of hydrogen-bond acceptors (Lipinski definition) is 1. The van der Waals surface area contributed by atoms with Crippen LogP contribution in [0.1, 0.15) is 27.7 Å². The molecule has 0 spiro atoms. The molecule has 1 nitrogen and oxygen atoms in total. The van der Waals surface area contributed by atoms with E-state index in [9.17, 15) is 0 Å². The van der Waals surface area contributed by atoms with Gasteiger partial charge in [0, 0.05) is 5.41 Å². The summed E-state index contributed by atoms with van der Waals surface area (Å²) in [4.78, 5) is 0. The van der Waals surface area contributed by atoms with Crippen molar-refractivity contribution in [3.8, 4) is 11.8 Å². The van der Waals surface area contributed by atoms with Crippen molar-refractivity contribution in [1.82, 2.24) is 0 Å². The van der Waals surface area contributed by atoms with Gasteiger partial charge in [0.05, 0.1) is 0 Å². The number of hydrogen-bond donors (Lipinski definition) is 1. The summed E-state index contributed by atoms with van der Waals surface area (Å²) in [6.07, 6.45) is -0.496. The predicted molar refractivity (Wildman–Crippen MR) is 38.9 cm³/mol. The first kappa shape index (κ1) is 8.52. The SMILES string of the molecule is C[C@@H](O)C#CC(C)(C)C. The lowest BCUT2D eigenvalue weighted by atomic mass is 9.98. The summed E-state index contributed by atoms with van der Waals surface area (Å²) in [5, 5.41) is 8.74. The van der Waals surface area contributed by atoms with Crippen molar-refractivity contribution in [2.45, 2.75) is 33.8 Å². The van der Waals surface area contributed by atoms with Gasteiger partial charge in [-0.15, -0.1) is 0 Å². The first-order chi connectivity index (χ1) is 3.92. The minimum absolute atomic E-state index is 0.0109. The fraction of sp³-hybridized carbons (Fsp3) is 0.750. The first-order valence-electron chi connectivity index (χ1n) is 3.12. The van der Waals surface area contributed by atoms with E-state index in [1.807, 2.05) is 20.8 Å². The maximum absolute atomic E-state index is 8.74. The molecule has 0 saturated heterocycles. The van der Waals surface area contributed by atoms with Gasteiger partial charge in [0.2, 0.25) is 0 Å². The van der Waals surface area contributed by atoms with Gasteiger partial charge in [0.15, 0.2) is 0 Å². The summed E-state index contributed by atoms with van der Waals surface area (Å²) >= 11 is 0. The molecule has 0 rings (SSSR count). The summed E-state index contributed by atoms with van der Waals surface area (Å²) < 4.78 is 0. The van der Waals surface area contributed by atoms with Crippen LogP contribution < -0.4 is 0 Å². The van der Waals surface area contributed by atoms with E-state index in [2.05, 4.69) is 11.8 Å². The minimum atomic E-state index is -0.496. The molecule has 0 heterocycles. The van der Waals surface area contributed by atoms with Crippen molar-refractivity contribution in [3.63, 3.8) is 0 Å². The Balaban J connectivity index is 3.88. The van der Waals surface area contributed by atoms with Crippen molar-refractivity contribution in [2.24, 2.45) is 5.41 Å². The topological polar surface area (TPSA) is 20.2 Å². The molecule has 52 valence electrons. The molecule has 0 aromatic carbocycles.